The van der Waals surface area contributed by atoms with Gasteiger partial charge in [0.1, 0.15) is 4.90 Å². The van der Waals surface area contributed by atoms with Gasteiger partial charge in [0.15, 0.2) is 0 Å². The molecular weight excluding hydrogens is 294 g/mol. The molecule has 0 aliphatic carbocycles. The molecule has 120 valence electrons. The Morgan fingerprint density at radius 3 is 2.57 bits per heavy atom. The number of hydrogen-bond acceptors (Lipinski definition) is 6. The summed E-state index contributed by atoms with van der Waals surface area (Å²) >= 11 is 0. The van der Waals surface area contributed by atoms with Crippen LogP contribution in [-0.4, -0.2) is 41.9 Å². The van der Waals surface area contributed by atoms with E-state index in [0.29, 0.717) is 19.8 Å². The average molecular weight is 317 g/mol. The van der Waals surface area contributed by atoms with Crippen molar-refractivity contribution in [2.75, 3.05) is 44.5 Å². The Kier molecular flexibility index (Phi) is 7.44. The maximum Gasteiger partial charge on any atom is 0.240 e. The van der Waals surface area contributed by atoms with E-state index in [1.165, 1.54) is 6.07 Å². The molecule has 1 aromatic carbocycles. The fourth-order valence-corrected chi connectivity index (χ4v) is 2.37. The van der Waals surface area contributed by atoms with Gasteiger partial charge in [-0.1, -0.05) is 0 Å². The molecule has 0 aliphatic heterocycles. The molecule has 0 aliphatic rings. The quantitative estimate of drug-likeness (QED) is 0.433. The van der Waals surface area contributed by atoms with Gasteiger partial charge in [0.05, 0.1) is 18.9 Å². The van der Waals surface area contributed by atoms with E-state index in [2.05, 4.69) is 5.32 Å². The van der Waals surface area contributed by atoms with Gasteiger partial charge in [-0.2, -0.15) is 0 Å². The number of unbranched alkanes of at least 4 members (excludes halogenated alkanes) is 1. The number of nitrogen functional groups attached to an aromatic ring is 1. The number of ether oxygens (including phenoxy) is 2. The number of hydrogen-bond donors (Lipinski definition) is 3. The summed E-state index contributed by atoms with van der Waals surface area (Å²) in [6.45, 7) is 2.66. The Balaban J connectivity index is 2.29. The third-order valence-corrected chi connectivity index (χ3v) is 3.78. The second-order valence-electron chi connectivity index (χ2n) is 4.54. The molecule has 21 heavy (non-hydrogen) atoms. The van der Waals surface area contributed by atoms with Crippen molar-refractivity contribution in [1.29, 1.82) is 0 Å². The van der Waals surface area contributed by atoms with Crippen molar-refractivity contribution in [2.45, 2.75) is 17.7 Å². The van der Waals surface area contributed by atoms with Crippen LogP contribution in [0.15, 0.2) is 23.1 Å². The Labute approximate surface area is 125 Å². The van der Waals surface area contributed by atoms with Crippen molar-refractivity contribution in [3.05, 3.63) is 18.2 Å². The van der Waals surface area contributed by atoms with Crippen molar-refractivity contribution in [3.8, 4) is 0 Å². The largest absolute Gasteiger partial charge is 0.398 e. The van der Waals surface area contributed by atoms with Crippen LogP contribution in [0.2, 0.25) is 0 Å². The molecule has 7 nitrogen and oxygen atoms in total. The lowest BCUT2D eigenvalue weighted by molar-refractivity contribution is 0.0691. The topological polar surface area (TPSA) is 117 Å². The zero-order chi connectivity index (χ0) is 15.7. The van der Waals surface area contributed by atoms with E-state index >= 15 is 0 Å². The van der Waals surface area contributed by atoms with Gasteiger partial charge in [-0.05, 0) is 31.0 Å². The van der Waals surface area contributed by atoms with E-state index in [-0.39, 0.29) is 10.6 Å². The van der Waals surface area contributed by atoms with Crippen LogP contribution in [0.4, 0.5) is 11.4 Å². The molecule has 0 atom stereocenters. The third-order valence-electron chi connectivity index (χ3n) is 2.79. The highest BCUT2D eigenvalue weighted by Gasteiger charge is 2.11. The molecule has 8 heteroatoms. The van der Waals surface area contributed by atoms with E-state index in [0.717, 1.165) is 25.1 Å². The first-order valence-corrected chi connectivity index (χ1v) is 8.22. The van der Waals surface area contributed by atoms with Crippen LogP contribution in [0, 0.1) is 0 Å². The highest BCUT2D eigenvalue weighted by Crippen LogP contribution is 2.21. The maximum absolute atomic E-state index is 11.2. The van der Waals surface area contributed by atoms with Crippen molar-refractivity contribution in [2.24, 2.45) is 5.14 Å². The van der Waals surface area contributed by atoms with Gasteiger partial charge in [0, 0.05) is 25.9 Å². The van der Waals surface area contributed by atoms with Crippen molar-refractivity contribution < 1.29 is 17.9 Å². The number of primary sulfonamides is 1. The number of benzene rings is 1. The first-order valence-electron chi connectivity index (χ1n) is 6.68. The zero-order valence-corrected chi connectivity index (χ0v) is 13.0. The SMILES string of the molecule is COCCOCCCCNc1ccc(S(N)(=O)=O)c(N)c1. The zero-order valence-electron chi connectivity index (χ0n) is 12.2. The predicted molar refractivity (Wildman–Crippen MR) is 82.6 cm³/mol. The normalized spacial score (nSPS) is 11.5. The first kappa shape index (κ1) is 17.7. The maximum atomic E-state index is 11.2. The predicted octanol–water partition coefficient (Wildman–Crippen LogP) is 0.771. The Hall–Kier alpha value is -1.35. The van der Waals surface area contributed by atoms with E-state index < -0.39 is 10.0 Å². The van der Waals surface area contributed by atoms with E-state index in [9.17, 15) is 8.42 Å². The highest BCUT2D eigenvalue weighted by molar-refractivity contribution is 7.89. The van der Waals surface area contributed by atoms with Crippen LogP contribution in [-0.2, 0) is 19.5 Å². The molecule has 0 amide bonds. The standard InChI is InChI=1S/C13H23N3O4S/c1-19-8-9-20-7-3-2-6-16-11-4-5-13(12(14)10-11)21(15,17)18/h4-5,10,16H,2-3,6-9,14H2,1H3,(H2,15,17,18). The molecule has 0 fully saturated rings. The minimum atomic E-state index is -3.77. The molecule has 0 aromatic heterocycles. The van der Waals surface area contributed by atoms with E-state index in [1.54, 1.807) is 19.2 Å². The van der Waals surface area contributed by atoms with Crippen LogP contribution in [0.25, 0.3) is 0 Å². The molecular formula is C13H23N3O4S. The van der Waals surface area contributed by atoms with Crippen molar-refractivity contribution >= 4 is 21.4 Å². The molecule has 0 radical (unpaired) electrons. The molecule has 0 spiro atoms. The van der Waals surface area contributed by atoms with E-state index in [4.69, 9.17) is 20.3 Å². The summed E-state index contributed by atoms with van der Waals surface area (Å²) in [5, 5.41) is 8.22. The van der Waals surface area contributed by atoms with E-state index in [1.807, 2.05) is 0 Å². The monoisotopic (exact) mass is 317 g/mol. The van der Waals surface area contributed by atoms with Gasteiger partial charge < -0.3 is 20.5 Å². The first-order chi connectivity index (χ1) is 9.95. The van der Waals surface area contributed by atoms with Gasteiger partial charge in [-0.3, -0.25) is 0 Å². The van der Waals surface area contributed by atoms with Gasteiger partial charge in [-0.25, -0.2) is 13.6 Å². The van der Waals surface area contributed by atoms with Crippen LogP contribution in [0.5, 0.6) is 0 Å². The lowest BCUT2D eigenvalue weighted by Gasteiger charge is -2.09. The lowest BCUT2D eigenvalue weighted by atomic mass is 10.2. The highest BCUT2D eigenvalue weighted by atomic mass is 32.2. The molecule has 1 rings (SSSR count). The molecule has 0 unspecified atom stereocenters. The summed E-state index contributed by atoms with van der Waals surface area (Å²) < 4.78 is 32.7. The van der Waals surface area contributed by atoms with Crippen molar-refractivity contribution in [3.63, 3.8) is 0 Å². The number of anilines is 2. The number of rotatable bonds is 10. The summed E-state index contributed by atoms with van der Waals surface area (Å²) in [6, 6.07) is 4.61. The summed E-state index contributed by atoms with van der Waals surface area (Å²) in [5.41, 5.74) is 6.58. The summed E-state index contributed by atoms with van der Waals surface area (Å²) in [4.78, 5) is -0.0559. The smallest absolute Gasteiger partial charge is 0.240 e. The molecule has 0 saturated heterocycles. The Morgan fingerprint density at radius 2 is 1.95 bits per heavy atom. The average Bonchev–Trinajstić information content (AvgIpc) is 2.40. The summed E-state index contributed by atoms with van der Waals surface area (Å²) in [5.74, 6) is 0. The van der Waals surface area contributed by atoms with Crippen LogP contribution in [0.1, 0.15) is 12.8 Å². The molecule has 0 bridgehead atoms. The van der Waals surface area contributed by atoms with Gasteiger partial charge in [0.2, 0.25) is 10.0 Å². The van der Waals surface area contributed by atoms with Crippen LogP contribution in [0.3, 0.4) is 0 Å². The number of methoxy groups -OCH3 is 1. The van der Waals surface area contributed by atoms with Crippen molar-refractivity contribution in [1.82, 2.24) is 0 Å². The third kappa shape index (κ3) is 6.76. The van der Waals surface area contributed by atoms with Gasteiger partial charge >= 0.3 is 0 Å². The summed E-state index contributed by atoms with van der Waals surface area (Å²) in [6.07, 6.45) is 1.87. The lowest BCUT2D eigenvalue weighted by Crippen LogP contribution is -2.14. The van der Waals surface area contributed by atoms with Gasteiger partial charge in [0.25, 0.3) is 0 Å². The molecule has 5 N–H and O–H groups in total. The Morgan fingerprint density at radius 1 is 1.19 bits per heavy atom. The second-order valence-corrected chi connectivity index (χ2v) is 6.07. The minimum absolute atomic E-state index is 0.0559. The fourth-order valence-electron chi connectivity index (χ4n) is 1.72. The molecule has 1 aromatic rings. The number of sulfonamides is 1. The number of nitrogens with one attached hydrogen (secondary N) is 1. The summed E-state index contributed by atoms with van der Waals surface area (Å²) in [7, 11) is -2.13. The van der Waals surface area contributed by atoms with Crippen LogP contribution < -0.4 is 16.2 Å². The number of nitrogens with two attached hydrogens (primary N) is 2. The minimum Gasteiger partial charge on any atom is -0.398 e. The van der Waals surface area contributed by atoms with Crippen LogP contribution >= 0.6 is 0 Å². The fraction of sp³-hybridized carbons (Fsp3) is 0.538. The molecule has 0 heterocycles. The molecule has 0 saturated carbocycles. The second kappa shape index (κ2) is 8.83. The van der Waals surface area contributed by atoms with Gasteiger partial charge in [-0.15, -0.1) is 0 Å². The Bertz CT molecular complexity index is 534.